The number of ether oxygens (including phenoxy) is 1. The van der Waals surface area contributed by atoms with Gasteiger partial charge in [0.05, 0.1) is 12.7 Å². The first-order valence-corrected chi connectivity index (χ1v) is 8.41. The number of carboxylic acid groups (broad SMARTS) is 1. The number of anilines is 1. The highest BCUT2D eigenvalue weighted by atomic mass is 16.5. The zero-order chi connectivity index (χ0) is 18.4. The lowest BCUT2D eigenvalue weighted by atomic mass is 10.1. The quantitative estimate of drug-likeness (QED) is 0.678. The summed E-state index contributed by atoms with van der Waals surface area (Å²) < 4.78 is 5.31. The van der Waals surface area contributed by atoms with E-state index in [-0.39, 0.29) is 5.56 Å². The third kappa shape index (κ3) is 4.42. The average molecular weight is 347 g/mol. The fourth-order valence-electron chi connectivity index (χ4n) is 2.87. The maximum absolute atomic E-state index is 11.3. The second-order valence-electron chi connectivity index (χ2n) is 6.05. The summed E-state index contributed by atoms with van der Waals surface area (Å²) >= 11 is 0. The predicted octanol–water partition coefficient (Wildman–Crippen LogP) is 4.60. The molecule has 3 rings (SSSR count). The minimum atomic E-state index is -0.923. The van der Waals surface area contributed by atoms with Gasteiger partial charge in [-0.1, -0.05) is 48.5 Å². The lowest BCUT2D eigenvalue weighted by Gasteiger charge is -2.26. The van der Waals surface area contributed by atoms with E-state index >= 15 is 0 Å². The second kappa shape index (κ2) is 8.21. The predicted molar refractivity (Wildman–Crippen MR) is 103 cm³/mol. The summed E-state index contributed by atoms with van der Waals surface area (Å²) in [6, 6.07) is 25.1. The maximum atomic E-state index is 11.3. The van der Waals surface area contributed by atoms with Crippen molar-refractivity contribution in [1.82, 2.24) is 0 Å². The maximum Gasteiger partial charge on any atom is 0.335 e. The molecule has 0 radical (unpaired) electrons. The molecule has 0 aromatic heterocycles. The number of carboxylic acids is 1. The van der Waals surface area contributed by atoms with Crippen LogP contribution in [0.3, 0.4) is 0 Å². The number of nitrogens with zero attached hydrogens (tertiary/aromatic N) is 1. The van der Waals surface area contributed by atoms with Crippen LogP contribution in [0.1, 0.15) is 21.5 Å². The van der Waals surface area contributed by atoms with E-state index in [1.165, 1.54) is 0 Å². The Kier molecular flexibility index (Phi) is 5.54. The molecule has 3 aromatic rings. The van der Waals surface area contributed by atoms with Gasteiger partial charge in [0.15, 0.2) is 0 Å². The molecule has 0 amide bonds. The summed E-state index contributed by atoms with van der Waals surface area (Å²) in [7, 11) is 1.65. The molecule has 3 aromatic carbocycles. The molecule has 0 unspecified atom stereocenters. The molecule has 0 saturated carbocycles. The van der Waals surface area contributed by atoms with E-state index < -0.39 is 5.97 Å². The van der Waals surface area contributed by atoms with Crippen LogP contribution in [-0.2, 0) is 13.1 Å². The Morgan fingerprint density at radius 1 is 0.885 bits per heavy atom. The minimum absolute atomic E-state index is 0.284. The Labute approximate surface area is 153 Å². The normalized spacial score (nSPS) is 10.3. The molecule has 0 aliphatic heterocycles. The van der Waals surface area contributed by atoms with Gasteiger partial charge in [-0.15, -0.1) is 0 Å². The lowest BCUT2D eigenvalue weighted by Crippen LogP contribution is -2.22. The molecular formula is C22H21NO3. The van der Waals surface area contributed by atoms with Gasteiger partial charge in [0.1, 0.15) is 5.75 Å². The molecule has 0 bridgehead atoms. The first kappa shape index (κ1) is 17.5. The summed E-state index contributed by atoms with van der Waals surface area (Å²) in [6.07, 6.45) is 0. The molecule has 0 atom stereocenters. The topological polar surface area (TPSA) is 49.8 Å². The number of carbonyl (C=O) groups is 1. The van der Waals surface area contributed by atoms with Gasteiger partial charge in [0.25, 0.3) is 0 Å². The summed E-state index contributed by atoms with van der Waals surface area (Å²) in [5.74, 6) is -0.116. The molecule has 0 heterocycles. The highest BCUT2D eigenvalue weighted by Crippen LogP contribution is 2.23. The number of rotatable bonds is 7. The van der Waals surface area contributed by atoms with E-state index in [9.17, 15) is 9.90 Å². The molecule has 1 N–H and O–H groups in total. The molecular weight excluding hydrogens is 326 g/mol. The Bertz CT molecular complexity index is 877. The molecule has 0 saturated heterocycles. The van der Waals surface area contributed by atoms with Gasteiger partial charge in [0.2, 0.25) is 0 Å². The van der Waals surface area contributed by atoms with Crippen LogP contribution in [0.5, 0.6) is 5.75 Å². The van der Waals surface area contributed by atoms with Crippen molar-refractivity contribution in [2.75, 3.05) is 12.0 Å². The van der Waals surface area contributed by atoms with E-state index in [1.54, 1.807) is 25.3 Å². The molecule has 132 valence electrons. The van der Waals surface area contributed by atoms with Crippen molar-refractivity contribution in [3.63, 3.8) is 0 Å². The SMILES string of the molecule is COc1cccc(CN(Cc2ccccc2)c2cccc(C(=O)O)c2)c1. The Morgan fingerprint density at radius 3 is 2.31 bits per heavy atom. The highest BCUT2D eigenvalue weighted by Gasteiger charge is 2.12. The van der Waals surface area contributed by atoms with Crippen LogP contribution in [0.25, 0.3) is 0 Å². The Balaban J connectivity index is 1.93. The van der Waals surface area contributed by atoms with E-state index in [0.717, 1.165) is 22.6 Å². The average Bonchev–Trinajstić information content (AvgIpc) is 2.68. The lowest BCUT2D eigenvalue weighted by molar-refractivity contribution is 0.0697. The standard InChI is InChI=1S/C22H21NO3/c1-26-21-12-5-9-18(13-21)16-23(15-17-7-3-2-4-8-17)20-11-6-10-19(14-20)22(24)25/h2-14H,15-16H2,1H3,(H,24,25). The van der Waals surface area contributed by atoms with Gasteiger partial charge in [-0.25, -0.2) is 4.79 Å². The number of methoxy groups -OCH3 is 1. The van der Waals surface area contributed by atoms with E-state index in [2.05, 4.69) is 17.0 Å². The van der Waals surface area contributed by atoms with Gasteiger partial charge in [0, 0.05) is 18.8 Å². The highest BCUT2D eigenvalue weighted by molar-refractivity contribution is 5.88. The second-order valence-corrected chi connectivity index (χ2v) is 6.05. The van der Waals surface area contributed by atoms with Crippen molar-refractivity contribution >= 4 is 11.7 Å². The fraction of sp³-hybridized carbons (Fsp3) is 0.136. The summed E-state index contributed by atoms with van der Waals surface area (Å²) in [5.41, 5.74) is 3.42. The molecule has 0 fully saturated rings. The largest absolute Gasteiger partial charge is 0.497 e. The smallest absolute Gasteiger partial charge is 0.335 e. The third-order valence-electron chi connectivity index (χ3n) is 4.18. The van der Waals surface area contributed by atoms with Crippen molar-refractivity contribution < 1.29 is 14.6 Å². The van der Waals surface area contributed by atoms with Crippen molar-refractivity contribution in [3.05, 3.63) is 95.6 Å². The number of hydrogen-bond acceptors (Lipinski definition) is 3. The third-order valence-corrected chi connectivity index (χ3v) is 4.18. The van der Waals surface area contributed by atoms with E-state index in [4.69, 9.17) is 4.74 Å². The number of aromatic carboxylic acids is 1. The number of benzene rings is 3. The fourth-order valence-corrected chi connectivity index (χ4v) is 2.87. The van der Waals surface area contributed by atoms with Gasteiger partial charge in [-0.2, -0.15) is 0 Å². The van der Waals surface area contributed by atoms with Crippen molar-refractivity contribution in [2.24, 2.45) is 0 Å². The van der Waals surface area contributed by atoms with Crippen LogP contribution in [0.15, 0.2) is 78.9 Å². The van der Waals surface area contributed by atoms with Gasteiger partial charge in [-0.3, -0.25) is 0 Å². The first-order chi connectivity index (χ1) is 12.7. The van der Waals surface area contributed by atoms with Crippen LogP contribution in [0.4, 0.5) is 5.69 Å². The van der Waals surface area contributed by atoms with Crippen LogP contribution in [0.2, 0.25) is 0 Å². The van der Waals surface area contributed by atoms with Crippen LogP contribution >= 0.6 is 0 Å². The van der Waals surface area contributed by atoms with Crippen LogP contribution in [-0.4, -0.2) is 18.2 Å². The summed E-state index contributed by atoms with van der Waals surface area (Å²) in [5, 5.41) is 9.30. The summed E-state index contributed by atoms with van der Waals surface area (Å²) in [4.78, 5) is 13.5. The first-order valence-electron chi connectivity index (χ1n) is 8.41. The summed E-state index contributed by atoms with van der Waals surface area (Å²) in [6.45, 7) is 1.33. The molecule has 0 aliphatic rings. The van der Waals surface area contributed by atoms with Crippen molar-refractivity contribution in [3.8, 4) is 5.75 Å². The van der Waals surface area contributed by atoms with Crippen LogP contribution < -0.4 is 9.64 Å². The Hall–Kier alpha value is -3.27. The van der Waals surface area contributed by atoms with Crippen molar-refractivity contribution in [2.45, 2.75) is 13.1 Å². The number of hydrogen-bond donors (Lipinski definition) is 1. The van der Waals surface area contributed by atoms with Gasteiger partial charge < -0.3 is 14.7 Å². The van der Waals surface area contributed by atoms with Crippen molar-refractivity contribution in [1.29, 1.82) is 0 Å². The van der Waals surface area contributed by atoms with Gasteiger partial charge in [-0.05, 0) is 41.5 Å². The Morgan fingerprint density at radius 2 is 1.58 bits per heavy atom. The molecule has 26 heavy (non-hydrogen) atoms. The van der Waals surface area contributed by atoms with E-state index in [0.29, 0.717) is 13.1 Å². The zero-order valence-electron chi connectivity index (χ0n) is 14.6. The molecule has 0 aliphatic carbocycles. The minimum Gasteiger partial charge on any atom is -0.497 e. The molecule has 4 nitrogen and oxygen atoms in total. The zero-order valence-corrected chi connectivity index (χ0v) is 14.6. The van der Waals surface area contributed by atoms with Crippen LogP contribution in [0, 0.1) is 0 Å². The van der Waals surface area contributed by atoms with E-state index in [1.807, 2.05) is 48.5 Å². The van der Waals surface area contributed by atoms with Gasteiger partial charge >= 0.3 is 5.97 Å². The molecule has 0 spiro atoms. The molecule has 4 heteroatoms. The monoisotopic (exact) mass is 347 g/mol.